The summed E-state index contributed by atoms with van der Waals surface area (Å²) in [6.45, 7) is 5.83. The first-order valence-electron chi connectivity index (χ1n) is 13.4. The Morgan fingerprint density at radius 3 is 2.54 bits per heavy atom. The van der Waals surface area contributed by atoms with Gasteiger partial charge in [0.05, 0.1) is 31.3 Å². The topological polar surface area (TPSA) is 99.9 Å². The highest BCUT2D eigenvalue weighted by molar-refractivity contribution is 8.26. The van der Waals surface area contributed by atoms with Crippen LogP contribution in [0.4, 0.5) is 5.82 Å². The van der Waals surface area contributed by atoms with E-state index in [1.807, 2.05) is 37.3 Å². The lowest BCUT2D eigenvalue weighted by atomic mass is 10.1. The summed E-state index contributed by atoms with van der Waals surface area (Å²) >= 11 is 6.78. The smallest absolute Gasteiger partial charge is 0.267 e. The third-order valence-corrected chi connectivity index (χ3v) is 8.75. The van der Waals surface area contributed by atoms with Gasteiger partial charge in [-0.15, -0.1) is 0 Å². The van der Waals surface area contributed by atoms with Gasteiger partial charge in [0.15, 0.2) is 11.5 Å². The van der Waals surface area contributed by atoms with Gasteiger partial charge in [0.1, 0.15) is 15.8 Å². The number of rotatable bonds is 9. The molecule has 1 aromatic carbocycles. The number of benzene rings is 1. The van der Waals surface area contributed by atoms with Crippen molar-refractivity contribution < 1.29 is 19.4 Å². The van der Waals surface area contributed by atoms with Crippen LogP contribution in [0.15, 0.2) is 46.2 Å². The van der Waals surface area contributed by atoms with Gasteiger partial charge in [0.25, 0.3) is 11.5 Å². The fourth-order valence-electron chi connectivity index (χ4n) is 5.09. The number of anilines is 1. The fourth-order valence-corrected chi connectivity index (χ4v) is 6.38. The molecule has 1 N–H and O–H groups in total. The molecule has 4 heterocycles. The molecule has 12 heteroatoms. The molecule has 5 rings (SSSR count). The minimum atomic E-state index is -0.234. The second-order valence-electron chi connectivity index (χ2n) is 9.86. The van der Waals surface area contributed by atoms with Crippen molar-refractivity contribution >= 4 is 51.7 Å². The number of ether oxygens (including phenoxy) is 2. The van der Waals surface area contributed by atoms with Crippen LogP contribution < -0.4 is 19.9 Å². The average Bonchev–Trinajstić information content (AvgIpc) is 3.25. The molecule has 0 aliphatic carbocycles. The zero-order valence-electron chi connectivity index (χ0n) is 23.3. The Morgan fingerprint density at radius 1 is 1.07 bits per heavy atom. The van der Waals surface area contributed by atoms with E-state index in [4.69, 9.17) is 26.7 Å². The molecule has 0 spiro atoms. The van der Waals surface area contributed by atoms with Crippen molar-refractivity contribution in [3.63, 3.8) is 0 Å². The molecule has 0 radical (unpaired) electrons. The molecule has 1 amide bonds. The zero-order valence-corrected chi connectivity index (χ0v) is 25.0. The number of nitrogens with zero attached hydrogens (tertiary/aromatic N) is 5. The maximum atomic E-state index is 13.8. The number of β-amino-alcohol motifs (C(OH)–C–C–N with tert-alkyl or cyclic N) is 1. The van der Waals surface area contributed by atoms with Crippen molar-refractivity contribution in [1.82, 2.24) is 19.2 Å². The number of carbonyl (C=O) groups excluding carboxylic acids is 1. The maximum Gasteiger partial charge on any atom is 0.267 e. The summed E-state index contributed by atoms with van der Waals surface area (Å²) in [4.78, 5) is 38.5. The van der Waals surface area contributed by atoms with E-state index in [1.165, 1.54) is 16.2 Å². The van der Waals surface area contributed by atoms with Crippen LogP contribution in [0, 0.1) is 6.92 Å². The van der Waals surface area contributed by atoms with Gasteiger partial charge in [-0.05, 0) is 48.7 Å². The SMILES string of the molecule is COc1ccc(CCN2C(=O)C(=Cc3c(N4CCN(CCO)CC4)nc4c(C)cccn4c3=O)SC2=S)cc1OC. The number of thiocarbonyl (C=S) groups is 1. The van der Waals surface area contributed by atoms with Crippen LogP contribution in [-0.4, -0.2) is 94.6 Å². The first-order chi connectivity index (χ1) is 19.8. The lowest BCUT2D eigenvalue weighted by molar-refractivity contribution is -0.122. The van der Waals surface area contributed by atoms with E-state index in [-0.39, 0.29) is 18.1 Å². The number of methoxy groups -OCH3 is 2. The summed E-state index contributed by atoms with van der Waals surface area (Å²) in [5.41, 5.74) is 2.59. The predicted octanol–water partition coefficient (Wildman–Crippen LogP) is 2.58. The highest BCUT2D eigenvalue weighted by atomic mass is 32.2. The number of fused-ring (bicyclic) bond motifs is 1. The van der Waals surface area contributed by atoms with Gasteiger partial charge in [0, 0.05) is 45.5 Å². The van der Waals surface area contributed by atoms with E-state index in [1.54, 1.807) is 31.4 Å². The minimum Gasteiger partial charge on any atom is -0.493 e. The van der Waals surface area contributed by atoms with Crippen LogP contribution in [0.25, 0.3) is 11.7 Å². The number of amides is 1. The van der Waals surface area contributed by atoms with Crippen LogP contribution in [0.1, 0.15) is 16.7 Å². The number of carbonyl (C=O) groups is 1. The van der Waals surface area contributed by atoms with Gasteiger partial charge in [-0.2, -0.15) is 0 Å². The highest BCUT2D eigenvalue weighted by Crippen LogP contribution is 2.34. The molecule has 10 nitrogen and oxygen atoms in total. The van der Waals surface area contributed by atoms with Crippen LogP contribution in [0.5, 0.6) is 11.5 Å². The molecule has 2 saturated heterocycles. The van der Waals surface area contributed by atoms with Gasteiger partial charge in [-0.3, -0.25) is 23.8 Å². The van der Waals surface area contributed by atoms with Crippen LogP contribution in [-0.2, 0) is 11.2 Å². The molecule has 3 aromatic rings. The number of aryl methyl sites for hydroxylation is 1. The Morgan fingerprint density at radius 2 is 1.83 bits per heavy atom. The number of aliphatic hydroxyl groups is 1. The largest absolute Gasteiger partial charge is 0.493 e. The third kappa shape index (κ3) is 5.96. The predicted molar refractivity (Wildman–Crippen MR) is 165 cm³/mol. The van der Waals surface area contributed by atoms with Crippen molar-refractivity contribution in [2.75, 3.05) is 65.0 Å². The summed E-state index contributed by atoms with van der Waals surface area (Å²) < 4.78 is 12.7. The number of thioether (sulfide) groups is 1. The Labute approximate surface area is 248 Å². The van der Waals surface area contributed by atoms with E-state index in [0.29, 0.717) is 70.4 Å². The molecule has 0 saturated carbocycles. The quantitative estimate of drug-likeness (QED) is 0.294. The lowest BCUT2D eigenvalue weighted by Crippen LogP contribution is -2.48. The summed E-state index contributed by atoms with van der Waals surface area (Å²) in [6, 6.07) is 9.41. The molecule has 2 aromatic heterocycles. The lowest BCUT2D eigenvalue weighted by Gasteiger charge is -2.35. The van der Waals surface area contributed by atoms with Gasteiger partial charge in [0.2, 0.25) is 0 Å². The van der Waals surface area contributed by atoms with Crippen molar-refractivity contribution in [3.8, 4) is 11.5 Å². The standard InChI is InChI=1S/C29H33N5O5S2/c1-19-5-4-9-33-25(19)30-26(32-13-11-31(12-14-32)15-16-35)21(27(33)36)18-24-28(37)34(29(40)41-24)10-8-20-6-7-22(38-2)23(17-20)39-3/h4-7,9,17-18,35H,8,10-16H2,1-3H3. The van der Waals surface area contributed by atoms with E-state index >= 15 is 0 Å². The Bertz CT molecular complexity index is 1570. The molecular weight excluding hydrogens is 562 g/mol. The molecule has 0 bridgehead atoms. The minimum absolute atomic E-state index is 0.105. The monoisotopic (exact) mass is 595 g/mol. The number of hydrogen-bond donors (Lipinski definition) is 1. The van der Waals surface area contributed by atoms with Gasteiger partial charge in [-0.1, -0.05) is 36.1 Å². The van der Waals surface area contributed by atoms with E-state index in [9.17, 15) is 14.7 Å². The molecule has 41 heavy (non-hydrogen) atoms. The first-order valence-corrected chi connectivity index (χ1v) is 14.6. The Hall–Kier alpha value is -3.45. The molecule has 2 fully saturated rings. The van der Waals surface area contributed by atoms with Crippen LogP contribution >= 0.6 is 24.0 Å². The van der Waals surface area contributed by atoms with Gasteiger partial charge >= 0.3 is 0 Å². The number of piperazine rings is 1. The van der Waals surface area contributed by atoms with E-state index in [0.717, 1.165) is 24.2 Å². The normalized spacial score (nSPS) is 17.2. The summed E-state index contributed by atoms with van der Waals surface area (Å²) in [6.07, 6.45) is 3.92. The maximum absolute atomic E-state index is 13.8. The van der Waals surface area contributed by atoms with Crippen LogP contribution in [0.3, 0.4) is 0 Å². The number of aromatic nitrogens is 2. The van der Waals surface area contributed by atoms with E-state index in [2.05, 4.69) is 9.80 Å². The second-order valence-corrected chi connectivity index (χ2v) is 11.5. The Balaban J connectivity index is 1.44. The first kappa shape index (κ1) is 29.1. The summed E-state index contributed by atoms with van der Waals surface area (Å²) in [5.74, 6) is 1.59. The van der Waals surface area contributed by atoms with Gasteiger partial charge in [-0.25, -0.2) is 4.98 Å². The van der Waals surface area contributed by atoms with Gasteiger partial charge < -0.3 is 19.5 Å². The fraction of sp³-hybridized carbons (Fsp3) is 0.379. The molecule has 2 aliphatic rings. The average molecular weight is 596 g/mol. The number of hydrogen-bond acceptors (Lipinski definition) is 10. The molecule has 216 valence electrons. The van der Waals surface area contributed by atoms with Crippen molar-refractivity contribution in [1.29, 1.82) is 0 Å². The third-order valence-electron chi connectivity index (χ3n) is 7.37. The van der Waals surface area contributed by atoms with Crippen molar-refractivity contribution in [2.24, 2.45) is 0 Å². The highest BCUT2D eigenvalue weighted by Gasteiger charge is 2.33. The number of aliphatic hydroxyl groups excluding tert-OH is 1. The Kier molecular flexibility index (Phi) is 8.93. The molecule has 2 aliphatic heterocycles. The van der Waals surface area contributed by atoms with Crippen molar-refractivity contribution in [3.05, 3.63) is 68.5 Å². The summed E-state index contributed by atoms with van der Waals surface area (Å²) in [7, 11) is 3.17. The zero-order chi connectivity index (χ0) is 29.1. The van der Waals surface area contributed by atoms with Crippen molar-refractivity contribution in [2.45, 2.75) is 13.3 Å². The van der Waals surface area contributed by atoms with Crippen LogP contribution in [0.2, 0.25) is 0 Å². The second kappa shape index (κ2) is 12.6. The molecular formula is C29H33N5O5S2. The van der Waals surface area contributed by atoms with E-state index < -0.39 is 0 Å². The summed E-state index contributed by atoms with van der Waals surface area (Å²) in [5, 5.41) is 9.33. The molecule has 0 unspecified atom stereocenters. The molecule has 0 atom stereocenters. The number of pyridine rings is 1.